The van der Waals surface area contributed by atoms with Gasteiger partial charge >= 0.3 is 0 Å². The van der Waals surface area contributed by atoms with E-state index in [0.29, 0.717) is 10.0 Å². The van der Waals surface area contributed by atoms with Crippen molar-refractivity contribution in [2.45, 2.75) is 13.0 Å². The van der Waals surface area contributed by atoms with Crippen molar-refractivity contribution < 1.29 is 9.13 Å². The molecule has 0 saturated carbocycles. The van der Waals surface area contributed by atoms with Gasteiger partial charge in [0.2, 0.25) is 0 Å². The van der Waals surface area contributed by atoms with Crippen molar-refractivity contribution in [1.82, 2.24) is 0 Å². The summed E-state index contributed by atoms with van der Waals surface area (Å²) in [6.45, 7) is 1.78. The quantitative estimate of drug-likeness (QED) is 0.906. The van der Waals surface area contributed by atoms with E-state index in [2.05, 4.69) is 15.9 Å². The van der Waals surface area contributed by atoms with Crippen LogP contribution in [0.5, 0.6) is 5.75 Å². The van der Waals surface area contributed by atoms with Crippen LogP contribution in [0.2, 0.25) is 0 Å². The Bertz CT molecular complexity index is 320. The van der Waals surface area contributed by atoms with Crippen LogP contribution in [0.1, 0.15) is 18.5 Å². The first-order valence-electron chi connectivity index (χ1n) is 3.85. The van der Waals surface area contributed by atoms with E-state index >= 15 is 0 Å². The standard InChI is InChI=1S/C9H11BrFNO.ClH/c1-5(12)6-3-4-7(10)8(11)9(6)13-2;/h3-5H,12H2,1-2H3;1H/t5-;/m0./s1. The molecule has 0 saturated heterocycles. The molecule has 0 unspecified atom stereocenters. The summed E-state index contributed by atoms with van der Waals surface area (Å²) in [5, 5.41) is 0. The molecule has 14 heavy (non-hydrogen) atoms. The lowest BCUT2D eigenvalue weighted by Crippen LogP contribution is -2.08. The highest BCUT2D eigenvalue weighted by molar-refractivity contribution is 9.10. The number of hydrogen-bond acceptors (Lipinski definition) is 2. The van der Waals surface area contributed by atoms with Crippen molar-refractivity contribution in [2.75, 3.05) is 7.11 Å². The van der Waals surface area contributed by atoms with Gasteiger partial charge in [-0.1, -0.05) is 6.07 Å². The minimum atomic E-state index is -0.405. The molecule has 0 aliphatic rings. The third kappa shape index (κ3) is 2.59. The van der Waals surface area contributed by atoms with Gasteiger partial charge in [0, 0.05) is 11.6 Å². The van der Waals surface area contributed by atoms with Gasteiger partial charge in [-0.25, -0.2) is 4.39 Å². The topological polar surface area (TPSA) is 35.2 Å². The van der Waals surface area contributed by atoms with Crippen molar-refractivity contribution in [3.05, 3.63) is 28.0 Å². The van der Waals surface area contributed by atoms with Gasteiger partial charge in [0.25, 0.3) is 0 Å². The lowest BCUT2D eigenvalue weighted by molar-refractivity contribution is 0.377. The van der Waals surface area contributed by atoms with Gasteiger partial charge in [-0.3, -0.25) is 0 Å². The molecule has 1 atom stereocenters. The molecule has 2 N–H and O–H groups in total. The summed E-state index contributed by atoms with van der Waals surface area (Å²) in [7, 11) is 1.43. The van der Waals surface area contributed by atoms with Crippen LogP contribution in [0.15, 0.2) is 16.6 Å². The molecule has 1 rings (SSSR count). The summed E-state index contributed by atoms with van der Waals surface area (Å²) < 4.78 is 18.7. The first kappa shape index (κ1) is 13.7. The highest BCUT2D eigenvalue weighted by Gasteiger charge is 2.14. The summed E-state index contributed by atoms with van der Waals surface area (Å²) in [6, 6.07) is 3.13. The summed E-state index contributed by atoms with van der Waals surface area (Å²) in [4.78, 5) is 0. The van der Waals surface area contributed by atoms with E-state index < -0.39 is 5.82 Å². The summed E-state index contributed by atoms with van der Waals surface area (Å²) >= 11 is 3.07. The number of methoxy groups -OCH3 is 1. The fourth-order valence-electron chi connectivity index (χ4n) is 1.11. The van der Waals surface area contributed by atoms with Crippen molar-refractivity contribution in [3.63, 3.8) is 0 Å². The first-order valence-corrected chi connectivity index (χ1v) is 4.64. The number of hydrogen-bond donors (Lipinski definition) is 1. The number of halogens is 3. The van der Waals surface area contributed by atoms with Crippen molar-refractivity contribution in [2.24, 2.45) is 5.73 Å². The minimum absolute atomic E-state index is 0. The average molecular weight is 285 g/mol. The highest BCUT2D eigenvalue weighted by Crippen LogP contribution is 2.31. The molecule has 5 heteroatoms. The van der Waals surface area contributed by atoms with Crippen LogP contribution < -0.4 is 10.5 Å². The Hall–Kier alpha value is -0.320. The summed E-state index contributed by atoms with van der Waals surface area (Å²) in [5.41, 5.74) is 6.32. The molecule has 0 spiro atoms. The predicted molar refractivity (Wildman–Crippen MR) is 60.5 cm³/mol. The van der Waals surface area contributed by atoms with Gasteiger partial charge in [0.15, 0.2) is 11.6 Å². The zero-order valence-electron chi connectivity index (χ0n) is 7.88. The molecule has 80 valence electrons. The largest absolute Gasteiger partial charge is 0.493 e. The Labute approximate surface area is 97.2 Å². The highest BCUT2D eigenvalue weighted by atomic mass is 79.9. The smallest absolute Gasteiger partial charge is 0.179 e. The van der Waals surface area contributed by atoms with Crippen LogP contribution in [0, 0.1) is 5.82 Å². The van der Waals surface area contributed by atoms with Crippen molar-refractivity contribution in [1.29, 1.82) is 0 Å². The van der Waals surface area contributed by atoms with E-state index in [-0.39, 0.29) is 24.2 Å². The third-order valence-corrected chi connectivity index (χ3v) is 2.39. The second-order valence-electron chi connectivity index (χ2n) is 2.77. The van der Waals surface area contributed by atoms with E-state index in [9.17, 15) is 4.39 Å². The second kappa shape index (κ2) is 5.53. The van der Waals surface area contributed by atoms with Crippen LogP contribution >= 0.6 is 28.3 Å². The number of benzene rings is 1. The first-order chi connectivity index (χ1) is 6.07. The Kier molecular flexibility index (Phi) is 5.41. The molecule has 0 amide bonds. The Morgan fingerprint density at radius 2 is 2.07 bits per heavy atom. The SMILES string of the molecule is COc1c([C@H](C)N)ccc(Br)c1F.Cl. The maximum Gasteiger partial charge on any atom is 0.179 e. The molecule has 0 radical (unpaired) electrons. The molecule has 0 aliphatic heterocycles. The molecule has 2 nitrogen and oxygen atoms in total. The normalized spacial score (nSPS) is 11.8. The van der Waals surface area contributed by atoms with Crippen LogP contribution in [-0.4, -0.2) is 7.11 Å². The van der Waals surface area contributed by atoms with Gasteiger partial charge in [0.1, 0.15) is 0 Å². The maximum absolute atomic E-state index is 13.4. The van der Waals surface area contributed by atoms with E-state index in [1.54, 1.807) is 19.1 Å². The molecule has 0 aromatic heterocycles. The van der Waals surface area contributed by atoms with E-state index in [1.807, 2.05) is 0 Å². The van der Waals surface area contributed by atoms with Crippen LogP contribution in [0.4, 0.5) is 4.39 Å². The Balaban J connectivity index is 0.00000169. The van der Waals surface area contributed by atoms with Crippen molar-refractivity contribution in [3.8, 4) is 5.75 Å². The molecular weight excluding hydrogens is 272 g/mol. The molecular formula is C9H12BrClFNO. The zero-order valence-corrected chi connectivity index (χ0v) is 10.3. The molecule has 0 aliphatic carbocycles. The van der Waals surface area contributed by atoms with Crippen molar-refractivity contribution >= 4 is 28.3 Å². The van der Waals surface area contributed by atoms with Gasteiger partial charge in [-0.2, -0.15) is 0 Å². The van der Waals surface area contributed by atoms with Crippen LogP contribution in [0.25, 0.3) is 0 Å². The molecule has 0 fully saturated rings. The number of nitrogens with two attached hydrogens (primary N) is 1. The van der Waals surface area contributed by atoms with Crippen LogP contribution in [0.3, 0.4) is 0 Å². The number of ether oxygens (including phenoxy) is 1. The lowest BCUT2D eigenvalue weighted by atomic mass is 10.1. The molecule has 1 aromatic carbocycles. The minimum Gasteiger partial charge on any atom is -0.493 e. The Morgan fingerprint density at radius 1 is 1.50 bits per heavy atom. The summed E-state index contributed by atoms with van der Waals surface area (Å²) in [5.74, 6) is -0.193. The van der Waals surface area contributed by atoms with E-state index in [1.165, 1.54) is 7.11 Å². The predicted octanol–water partition coefficient (Wildman–Crippen LogP) is 3.04. The van der Waals surface area contributed by atoms with Gasteiger partial charge in [-0.05, 0) is 28.9 Å². The third-order valence-electron chi connectivity index (χ3n) is 1.78. The van der Waals surface area contributed by atoms with E-state index in [0.717, 1.165) is 0 Å². The fourth-order valence-corrected chi connectivity index (χ4v) is 1.43. The van der Waals surface area contributed by atoms with Gasteiger partial charge in [-0.15, -0.1) is 12.4 Å². The summed E-state index contributed by atoms with van der Waals surface area (Å²) in [6.07, 6.45) is 0. The van der Waals surface area contributed by atoms with Gasteiger partial charge in [0.05, 0.1) is 11.6 Å². The monoisotopic (exact) mass is 283 g/mol. The van der Waals surface area contributed by atoms with Gasteiger partial charge < -0.3 is 10.5 Å². The maximum atomic E-state index is 13.4. The fraction of sp³-hybridized carbons (Fsp3) is 0.333. The lowest BCUT2D eigenvalue weighted by Gasteiger charge is -2.12. The number of rotatable bonds is 2. The second-order valence-corrected chi connectivity index (χ2v) is 3.63. The van der Waals surface area contributed by atoms with E-state index in [4.69, 9.17) is 10.5 Å². The van der Waals surface area contributed by atoms with Crippen LogP contribution in [-0.2, 0) is 0 Å². The zero-order chi connectivity index (χ0) is 10.0. The molecule has 1 aromatic rings. The molecule has 0 heterocycles. The molecule has 0 bridgehead atoms. The Morgan fingerprint density at radius 3 is 2.50 bits per heavy atom. The average Bonchev–Trinajstić information content (AvgIpc) is 2.09.